The van der Waals surface area contributed by atoms with Crippen molar-refractivity contribution in [1.82, 2.24) is 0 Å². The van der Waals surface area contributed by atoms with Gasteiger partial charge in [-0.25, -0.2) is 0 Å². The summed E-state index contributed by atoms with van der Waals surface area (Å²) in [5.74, 6) is 2.04. The van der Waals surface area contributed by atoms with Gasteiger partial charge in [0, 0.05) is 58.2 Å². The van der Waals surface area contributed by atoms with E-state index in [0.717, 1.165) is 44.8 Å². The van der Waals surface area contributed by atoms with E-state index in [1.54, 1.807) is 26.4 Å². The van der Waals surface area contributed by atoms with E-state index in [4.69, 9.17) is 18.9 Å². The molecular formula is C50H52N4O8. The second kappa shape index (κ2) is 15.0. The zero-order chi connectivity index (χ0) is 44.5. The Morgan fingerprint density at radius 1 is 0.677 bits per heavy atom. The molecule has 0 aliphatic carbocycles. The summed E-state index contributed by atoms with van der Waals surface area (Å²) in [5.41, 5.74) is 6.67. The Balaban J connectivity index is 1.21. The van der Waals surface area contributed by atoms with Crippen LogP contribution in [0.4, 0.5) is 22.7 Å². The molecule has 0 bridgehead atoms. The van der Waals surface area contributed by atoms with Gasteiger partial charge in [-0.15, -0.1) is 0 Å². The first kappa shape index (κ1) is 41.9. The molecule has 3 aliphatic rings. The smallest absolute Gasteiger partial charge is 0.274 e. The topological polar surface area (TPSA) is 130 Å². The summed E-state index contributed by atoms with van der Waals surface area (Å²) in [6.07, 6.45) is 8.09. The Labute approximate surface area is 362 Å². The summed E-state index contributed by atoms with van der Waals surface area (Å²) in [6.45, 7) is 15.7. The van der Waals surface area contributed by atoms with E-state index >= 15 is 0 Å². The van der Waals surface area contributed by atoms with Gasteiger partial charge in [-0.05, 0) is 98.9 Å². The van der Waals surface area contributed by atoms with Crippen molar-refractivity contribution in [3.8, 4) is 23.0 Å². The Morgan fingerprint density at radius 3 is 1.79 bits per heavy atom. The van der Waals surface area contributed by atoms with Crippen molar-refractivity contribution in [3.05, 3.63) is 162 Å². The van der Waals surface area contributed by atoms with Crippen LogP contribution in [0, 0.1) is 34.1 Å². The summed E-state index contributed by atoms with van der Waals surface area (Å²) in [4.78, 5) is 27.5. The molecule has 5 aromatic carbocycles. The third-order valence-corrected chi connectivity index (χ3v) is 13.9. The number of hydrogen-bond acceptors (Lipinski definition) is 10. The molecule has 0 amide bonds. The zero-order valence-electron chi connectivity index (χ0n) is 36.9. The van der Waals surface area contributed by atoms with E-state index in [0.29, 0.717) is 35.9 Å². The molecule has 2 unspecified atom stereocenters. The van der Waals surface area contributed by atoms with Crippen molar-refractivity contribution < 1.29 is 28.8 Å². The van der Waals surface area contributed by atoms with Gasteiger partial charge in [-0.1, -0.05) is 62.4 Å². The highest BCUT2D eigenvalue weighted by Crippen LogP contribution is 2.58. The van der Waals surface area contributed by atoms with Crippen molar-refractivity contribution in [2.45, 2.75) is 83.6 Å². The molecule has 1 spiro atoms. The third-order valence-electron chi connectivity index (χ3n) is 13.9. The highest BCUT2D eigenvalue weighted by molar-refractivity contribution is 5.76. The minimum absolute atomic E-state index is 0.0643. The lowest BCUT2D eigenvalue weighted by atomic mass is 9.71. The first-order chi connectivity index (χ1) is 29.4. The molecule has 0 radical (unpaired) electrons. The van der Waals surface area contributed by atoms with E-state index < -0.39 is 21.6 Å². The third kappa shape index (κ3) is 6.25. The van der Waals surface area contributed by atoms with Gasteiger partial charge in [-0.2, -0.15) is 0 Å². The molecule has 12 nitrogen and oxygen atoms in total. The van der Waals surface area contributed by atoms with Gasteiger partial charge in [0.2, 0.25) is 5.72 Å². The number of anilines is 2. The molecule has 12 heteroatoms. The molecule has 0 fully saturated rings. The van der Waals surface area contributed by atoms with Gasteiger partial charge in [0.25, 0.3) is 11.4 Å². The fraction of sp³-hybridized carbons (Fsp3) is 0.320. The summed E-state index contributed by atoms with van der Waals surface area (Å²) >= 11 is 0. The number of benzene rings is 5. The van der Waals surface area contributed by atoms with Crippen LogP contribution >= 0.6 is 0 Å². The van der Waals surface area contributed by atoms with Crippen molar-refractivity contribution in [3.63, 3.8) is 0 Å². The number of nitrogens with zero attached hydrogens (tertiary/aromatic N) is 4. The maximum absolute atomic E-state index is 11.9. The Morgan fingerprint density at radius 2 is 1.21 bits per heavy atom. The number of fused-ring (bicyclic) bond motifs is 3. The first-order valence-electron chi connectivity index (χ1n) is 20.6. The highest BCUT2D eigenvalue weighted by atomic mass is 16.6. The molecule has 320 valence electrons. The van der Waals surface area contributed by atoms with Crippen LogP contribution in [0.5, 0.6) is 23.0 Å². The van der Waals surface area contributed by atoms with Gasteiger partial charge >= 0.3 is 0 Å². The Bertz CT molecular complexity index is 2720. The van der Waals surface area contributed by atoms with Crippen LogP contribution in [-0.2, 0) is 23.9 Å². The van der Waals surface area contributed by atoms with Crippen LogP contribution in [0.3, 0.4) is 0 Å². The standard InChI is InChI=1S/C50H52N4O8/c1-31-23-37(53(55)56)24-33(32(31)2)19-21-49(7)47(3,4)39-15-11-13-17-41(39)51(49)29-35-26-44(60-9)36(27-43(35)59-8)30-52-42-18-14-12-16-40(42)48(5,6)50(52)22-20-34-25-38(54(57)58)28-45(61-10)46(34)62-50/h11-28H,29-30H2,1-10H3/b21-19-. The van der Waals surface area contributed by atoms with E-state index in [2.05, 4.69) is 93.0 Å². The number of nitro benzene ring substituents is 2. The summed E-state index contributed by atoms with van der Waals surface area (Å²) in [6, 6.07) is 26.9. The SMILES string of the molecule is COc1cc(CN2c3ccccc3C(C)(C)C23C=Cc2cc([N+](=O)[O-])cc(OC)c2O3)c(OC)cc1CN1c2ccccc2C(C)(C)C1(C)/C=C\c1cc([N+](=O)[O-])cc(C)c1C. The number of rotatable bonds is 11. The van der Waals surface area contributed by atoms with Crippen molar-refractivity contribution in [2.75, 3.05) is 31.1 Å². The van der Waals surface area contributed by atoms with E-state index in [1.165, 1.54) is 24.8 Å². The molecule has 62 heavy (non-hydrogen) atoms. The maximum atomic E-state index is 11.9. The van der Waals surface area contributed by atoms with Crippen molar-refractivity contribution >= 4 is 34.9 Å². The van der Waals surface area contributed by atoms with Crippen LogP contribution in [0.25, 0.3) is 12.2 Å². The fourth-order valence-corrected chi connectivity index (χ4v) is 9.78. The lowest BCUT2D eigenvalue weighted by Gasteiger charge is -2.47. The number of aryl methyl sites for hydroxylation is 1. The quantitative estimate of drug-likeness (QED) is 0.0936. The van der Waals surface area contributed by atoms with Crippen molar-refractivity contribution in [1.29, 1.82) is 0 Å². The van der Waals surface area contributed by atoms with Crippen molar-refractivity contribution in [2.24, 2.45) is 0 Å². The van der Waals surface area contributed by atoms with Crippen LogP contribution in [0.1, 0.15) is 79.1 Å². The maximum Gasteiger partial charge on any atom is 0.274 e. The number of non-ortho nitro benzene ring substituents is 2. The zero-order valence-corrected chi connectivity index (χ0v) is 36.9. The largest absolute Gasteiger partial charge is 0.496 e. The fourth-order valence-electron chi connectivity index (χ4n) is 9.78. The molecule has 0 N–H and O–H groups in total. The lowest BCUT2D eigenvalue weighted by molar-refractivity contribution is -0.385. The average Bonchev–Trinajstić information content (AvgIpc) is 3.53. The Hall–Kier alpha value is -6.82. The van der Waals surface area contributed by atoms with Crippen LogP contribution in [0.2, 0.25) is 0 Å². The number of nitro groups is 2. The van der Waals surface area contributed by atoms with Gasteiger partial charge in [0.15, 0.2) is 11.5 Å². The number of methoxy groups -OCH3 is 3. The molecule has 2 atom stereocenters. The molecule has 5 aromatic rings. The van der Waals surface area contributed by atoms with Crippen LogP contribution in [0.15, 0.2) is 97.1 Å². The minimum atomic E-state index is -1.07. The van der Waals surface area contributed by atoms with E-state index in [-0.39, 0.29) is 27.5 Å². The lowest BCUT2D eigenvalue weighted by Crippen LogP contribution is -2.59. The average molecular weight is 837 g/mol. The molecule has 0 saturated carbocycles. The summed E-state index contributed by atoms with van der Waals surface area (Å²) in [7, 11) is 4.83. The Kier molecular flexibility index (Phi) is 10.1. The van der Waals surface area contributed by atoms with Gasteiger partial charge < -0.3 is 28.7 Å². The van der Waals surface area contributed by atoms with Gasteiger partial charge in [-0.3, -0.25) is 20.2 Å². The van der Waals surface area contributed by atoms with E-state index in [9.17, 15) is 20.2 Å². The van der Waals surface area contributed by atoms with Crippen LogP contribution < -0.4 is 28.7 Å². The summed E-state index contributed by atoms with van der Waals surface area (Å²) in [5, 5.41) is 23.7. The second-order valence-electron chi connectivity index (χ2n) is 17.6. The highest BCUT2D eigenvalue weighted by Gasteiger charge is 2.59. The molecule has 3 aliphatic heterocycles. The number of ether oxygens (including phenoxy) is 4. The predicted octanol–water partition coefficient (Wildman–Crippen LogP) is 11.0. The van der Waals surface area contributed by atoms with Gasteiger partial charge in [0.1, 0.15) is 11.5 Å². The second-order valence-corrected chi connectivity index (χ2v) is 17.6. The summed E-state index contributed by atoms with van der Waals surface area (Å²) < 4.78 is 25.2. The molecule has 0 aromatic heterocycles. The van der Waals surface area contributed by atoms with Gasteiger partial charge in [0.05, 0.1) is 54.7 Å². The molecule has 0 saturated heterocycles. The number of hydrogen-bond donors (Lipinski definition) is 0. The predicted molar refractivity (Wildman–Crippen MR) is 243 cm³/mol. The first-order valence-corrected chi connectivity index (χ1v) is 20.6. The van der Waals surface area contributed by atoms with Crippen LogP contribution in [-0.4, -0.2) is 42.4 Å². The minimum Gasteiger partial charge on any atom is -0.496 e. The molecule has 8 rings (SSSR count). The monoisotopic (exact) mass is 836 g/mol. The molecular weight excluding hydrogens is 785 g/mol. The molecule has 3 heterocycles. The normalized spacial score (nSPS) is 20.2. The number of para-hydroxylation sites is 2. The van der Waals surface area contributed by atoms with E-state index in [1.807, 2.05) is 50.3 Å².